The van der Waals surface area contributed by atoms with E-state index in [0.717, 1.165) is 0 Å². The van der Waals surface area contributed by atoms with Gasteiger partial charge >= 0.3 is 6.16 Å². The molecule has 2 rings (SSSR count). The fourth-order valence-electron chi connectivity index (χ4n) is 2.80. The molecule has 146 valence electrons. The molecule has 25 heavy (non-hydrogen) atoms. The monoisotopic (exact) mass is 376 g/mol. The van der Waals surface area contributed by atoms with Gasteiger partial charge in [0.1, 0.15) is 24.4 Å². The van der Waals surface area contributed by atoms with E-state index >= 15 is 0 Å². The molecule has 2 saturated heterocycles. The van der Waals surface area contributed by atoms with E-state index in [1.807, 2.05) is 13.8 Å². The van der Waals surface area contributed by atoms with Crippen LogP contribution in [0.3, 0.4) is 0 Å². The first-order chi connectivity index (χ1) is 11.3. The number of carbonyl (C=O) groups excluding carboxylic acids is 1. The van der Waals surface area contributed by atoms with Gasteiger partial charge in [-0.25, -0.2) is 4.79 Å². The summed E-state index contributed by atoms with van der Waals surface area (Å²) >= 11 is 0. The highest BCUT2D eigenvalue weighted by Gasteiger charge is 2.59. The largest absolute Gasteiger partial charge is 0.508 e. The summed E-state index contributed by atoms with van der Waals surface area (Å²) in [6.07, 6.45) is -3.08. The molecule has 1 unspecified atom stereocenters. The fourth-order valence-corrected chi connectivity index (χ4v) is 4.10. The summed E-state index contributed by atoms with van der Waals surface area (Å²) in [6, 6.07) is 0. The third-order valence-electron chi connectivity index (χ3n) is 5.18. The van der Waals surface area contributed by atoms with Gasteiger partial charge in [-0.3, -0.25) is 0 Å². The van der Waals surface area contributed by atoms with Crippen LogP contribution in [0.1, 0.15) is 41.5 Å². The van der Waals surface area contributed by atoms with Crippen LogP contribution in [0.25, 0.3) is 0 Å². The van der Waals surface area contributed by atoms with Crippen LogP contribution >= 0.6 is 0 Å². The highest BCUT2D eigenvalue weighted by molar-refractivity contribution is 6.74. The Morgan fingerprint density at radius 3 is 2.32 bits per heavy atom. The zero-order valence-corrected chi connectivity index (χ0v) is 17.7. The number of rotatable bonds is 4. The maximum atomic E-state index is 11.5. The highest BCUT2D eigenvalue weighted by Crippen LogP contribution is 2.44. The minimum absolute atomic E-state index is 0.0249. The van der Waals surface area contributed by atoms with Crippen molar-refractivity contribution in [1.29, 1.82) is 0 Å². The predicted molar refractivity (Wildman–Crippen MR) is 93.7 cm³/mol. The van der Waals surface area contributed by atoms with Crippen molar-refractivity contribution in [3.05, 3.63) is 0 Å². The maximum Gasteiger partial charge on any atom is 0.508 e. The van der Waals surface area contributed by atoms with E-state index in [9.17, 15) is 4.79 Å². The lowest BCUT2D eigenvalue weighted by Crippen LogP contribution is -2.52. The van der Waals surface area contributed by atoms with Crippen LogP contribution in [-0.2, 0) is 28.1 Å². The van der Waals surface area contributed by atoms with Crippen molar-refractivity contribution in [3.8, 4) is 0 Å². The zero-order chi connectivity index (χ0) is 19.2. The average Bonchev–Trinajstić information content (AvgIpc) is 2.90. The highest BCUT2D eigenvalue weighted by atomic mass is 28.4. The summed E-state index contributed by atoms with van der Waals surface area (Å²) in [6.45, 7) is 16.3. The van der Waals surface area contributed by atoms with Gasteiger partial charge in [0.05, 0.1) is 7.11 Å². The third-order valence-corrected chi connectivity index (χ3v) is 9.65. The molecule has 2 fully saturated rings. The molecule has 2 aliphatic rings. The summed E-state index contributed by atoms with van der Waals surface area (Å²) in [5.41, 5.74) is 0. The Morgan fingerprint density at radius 1 is 1.20 bits per heavy atom. The molecule has 0 amide bonds. The Balaban J connectivity index is 2.23. The molecule has 5 atom stereocenters. The number of ether oxygens (including phenoxy) is 5. The van der Waals surface area contributed by atoms with Crippen molar-refractivity contribution in [3.63, 3.8) is 0 Å². The first kappa shape index (κ1) is 20.6. The molecule has 2 heterocycles. The fraction of sp³-hybridized carbons (Fsp3) is 0.941. The number of fused-ring (bicyclic) bond motifs is 1. The topological polar surface area (TPSA) is 72.5 Å². The van der Waals surface area contributed by atoms with Crippen molar-refractivity contribution >= 4 is 14.5 Å². The van der Waals surface area contributed by atoms with Crippen LogP contribution in [0, 0.1) is 0 Å². The maximum absolute atomic E-state index is 11.5. The molecule has 0 saturated carbocycles. The standard InChI is InChI=1S/C17H32O7Si/c1-10(20-15(18)19-7)11-12(24-25(8,9)16(2,3)4)13-14(21-11)23-17(5,6)22-13/h10-14H,1-9H3/t10?,11-,12-,13-,14-/m0/s1. The van der Waals surface area contributed by atoms with Gasteiger partial charge in [-0.2, -0.15) is 0 Å². The molecular weight excluding hydrogens is 344 g/mol. The van der Waals surface area contributed by atoms with E-state index in [1.165, 1.54) is 7.11 Å². The zero-order valence-electron chi connectivity index (χ0n) is 16.7. The van der Waals surface area contributed by atoms with Gasteiger partial charge in [-0.1, -0.05) is 20.8 Å². The molecule has 7 nitrogen and oxygen atoms in total. The van der Waals surface area contributed by atoms with Crippen LogP contribution in [-0.4, -0.2) is 58.1 Å². The van der Waals surface area contributed by atoms with Gasteiger partial charge in [0, 0.05) is 0 Å². The van der Waals surface area contributed by atoms with Crippen LogP contribution in [0.4, 0.5) is 4.79 Å². The molecule has 2 aliphatic heterocycles. The molecule has 0 aromatic heterocycles. The van der Waals surface area contributed by atoms with Gasteiger partial charge in [0.15, 0.2) is 20.4 Å². The van der Waals surface area contributed by atoms with Gasteiger partial charge < -0.3 is 28.1 Å². The number of carbonyl (C=O) groups is 1. The predicted octanol–water partition coefficient (Wildman–Crippen LogP) is 3.42. The second-order valence-electron chi connectivity index (χ2n) is 8.69. The first-order valence-corrected chi connectivity index (χ1v) is 11.6. The SMILES string of the molecule is COC(=O)OC(C)[C@@H]1O[C@H]2OC(C)(C)O[C@H]2[C@H]1O[Si](C)(C)C(C)(C)C. The van der Waals surface area contributed by atoms with Gasteiger partial charge in [-0.05, 0) is 38.9 Å². The molecular formula is C17H32O7Si. The average molecular weight is 377 g/mol. The lowest BCUT2D eigenvalue weighted by atomic mass is 10.1. The van der Waals surface area contributed by atoms with Crippen LogP contribution in [0.2, 0.25) is 18.1 Å². The third kappa shape index (κ3) is 4.36. The van der Waals surface area contributed by atoms with Gasteiger partial charge in [-0.15, -0.1) is 0 Å². The molecule has 0 N–H and O–H groups in total. The van der Waals surface area contributed by atoms with Gasteiger partial charge in [0.2, 0.25) is 0 Å². The Bertz CT molecular complexity index is 500. The van der Waals surface area contributed by atoms with Gasteiger partial charge in [0.25, 0.3) is 0 Å². The molecule has 8 heteroatoms. The van der Waals surface area contributed by atoms with Crippen molar-refractivity contribution in [2.24, 2.45) is 0 Å². The smallest absolute Gasteiger partial charge is 0.438 e. The Labute approximate surface area is 151 Å². The van der Waals surface area contributed by atoms with E-state index in [-0.39, 0.29) is 17.2 Å². The molecule has 0 bridgehead atoms. The summed E-state index contributed by atoms with van der Waals surface area (Å²) in [5, 5.41) is 0.0249. The minimum atomic E-state index is -2.10. The van der Waals surface area contributed by atoms with Crippen LogP contribution in [0.15, 0.2) is 0 Å². The molecule has 0 aliphatic carbocycles. The lowest BCUT2D eigenvalue weighted by Gasteiger charge is -2.41. The van der Waals surface area contributed by atoms with Crippen molar-refractivity contribution in [2.45, 2.75) is 96.2 Å². The van der Waals surface area contributed by atoms with E-state index in [1.54, 1.807) is 6.92 Å². The molecule has 0 aromatic rings. The normalized spacial score (nSPS) is 33.0. The Hall–Kier alpha value is -0.673. The van der Waals surface area contributed by atoms with Crippen molar-refractivity contribution < 1.29 is 32.9 Å². The minimum Gasteiger partial charge on any atom is -0.438 e. The Morgan fingerprint density at radius 2 is 1.80 bits per heavy atom. The lowest BCUT2D eigenvalue weighted by molar-refractivity contribution is -0.224. The first-order valence-electron chi connectivity index (χ1n) is 8.71. The number of methoxy groups -OCH3 is 1. The van der Waals surface area contributed by atoms with Crippen molar-refractivity contribution in [1.82, 2.24) is 0 Å². The quantitative estimate of drug-likeness (QED) is 0.550. The van der Waals surface area contributed by atoms with Crippen LogP contribution < -0.4 is 0 Å². The summed E-state index contributed by atoms with van der Waals surface area (Å²) in [5.74, 6) is -0.734. The Kier molecular flexibility index (Phi) is 5.62. The van der Waals surface area contributed by atoms with Crippen LogP contribution in [0.5, 0.6) is 0 Å². The summed E-state index contributed by atoms with van der Waals surface area (Å²) < 4.78 is 34.3. The van der Waals surface area contributed by atoms with Crippen molar-refractivity contribution in [2.75, 3.05) is 7.11 Å². The van der Waals surface area contributed by atoms with E-state index in [0.29, 0.717) is 0 Å². The summed E-state index contributed by atoms with van der Waals surface area (Å²) in [4.78, 5) is 11.5. The summed E-state index contributed by atoms with van der Waals surface area (Å²) in [7, 11) is -0.824. The second-order valence-corrected chi connectivity index (χ2v) is 13.4. The molecule has 0 radical (unpaired) electrons. The number of hydrogen-bond acceptors (Lipinski definition) is 7. The number of hydrogen-bond donors (Lipinski definition) is 0. The van der Waals surface area contributed by atoms with E-state index in [4.69, 9.17) is 23.4 Å². The second kappa shape index (κ2) is 6.81. The van der Waals surface area contributed by atoms with E-state index in [2.05, 4.69) is 38.6 Å². The van der Waals surface area contributed by atoms with E-state index < -0.39 is 38.8 Å². The molecule has 0 spiro atoms. The molecule has 0 aromatic carbocycles.